The molecular formula is C25H24Cl2N2O. The molecule has 2 aliphatic rings. The number of halogens is 2. The minimum absolute atomic E-state index is 0.0369. The Hall–Kier alpha value is -2.10. The van der Waals surface area contributed by atoms with Crippen LogP contribution in [0, 0.1) is 17.8 Å². The molecule has 2 bridgehead atoms. The number of carbonyl (C=O) groups is 1. The lowest BCUT2D eigenvalue weighted by molar-refractivity contribution is 0.0917. The van der Waals surface area contributed by atoms with E-state index in [-0.39, 0.29) is 11.9 Å². The molecule has 2 fully saturated rings. The molecule has 0 radical (unpaired) electrons. The summed E-state index contributed by atoms with van der Waals surface area (Å²) < 4.78 is 0. The van der Waals surface area contributed by atoms with Crippen molar-refractivity contribution in [2.24, 2.45) is 17.8 Å². The van der Waals surface area contributed by atoms with E-state index in [2.05, 4.69) is 12.2 Å². The molecule has 3 aromatic rings. The molecule has 0 unspecified atom stereocenters. The lowest BCUT2D eigenvalue weighted by Gasteiger charge is -2.28. The number of aromatic nitrogens is 1. The molecule has 0 aliphatic heterocycles. The molecule has 1 N–H and O–H groups in total. The van der Waals surface area contributed by atoms with Crippen LogP contribution < -0.4 is 5.32 Å². The maximum atomic E-state index is 13.4. The van der Waals surface area contributed by atoms with Crippen molar-refractivity contribution in [2.75, 3.05) is 0 Å². The molecule has 1 heterocycles. The molecule has 1 aromatic heterocycles. The summed E-state index contributed by atoms with van der Waals surface area (Å²) in [5, 5.41) is 5.13. The predicted molar refractivity (Wildman–Crippen MR) is 123 cm³/mol. The molecule has 0 spiro atoms. The number of para-hydroxylation sites is 1. The third-order valence-electron chi connectivity index (χ3n) is 6.97. The molecule has 1 amide bonds. The minimum Gasteiger partial charge on any atom is -0.349 e. The maximum Gasteiger partial charge on any atom is 0.252 e. The quantitative estimate of drug-likeness (QED) is 0.488. The Kier molecular flexibility index (Phi) is 5.20. The number of hydrogen-bond donors (Lipinski definition) is 1. The summed E-state index contributed by atoms with van der Waals surface area (Å²) in [4.78, 5) is 18.1. The van der Waals surface area contributed by atoms with Gasteiger partial charge >= 0.3 is 0 Å². The summed E-state index contributed by atoms with van der Waals surface area (Å²) >= 11 is 12.3. The second-order valence-electron chi connectivity index (χ2n) is 8.80. The first-order chi connectivity index (χ1) is 14.5. The van der Waals surface area contributed by atoms with Gasteiger partial charge in [0.1, 0.15) is 0 Å². The van der Waals surface area contributed by atoms with Crippen LogP contribution in [0.4, 0.5) is 0 Å². The lowest BCUT2D eigenvalue weighted by Crippen LogP contribution is -2.40. The summed E-state index contributed by atoms with van der Waals surface area (Å²) in [6, 6.07) is 15.2. The van der Waals surface area contributed by atoms with Gasteiger partial charge in [-0.05, 0) is 68.2 Å². The number of nitrogens with zero attached hydrogens (tertiary/aromatic N) is 1. The van der Waals surface area contributed by atoms with Crippen molar-refractivity contribution in [1.29, 1.82) is 0 Å². The summed E-state index contributed by atoms with van der Waals surface area (Å²) in [6.45, 7) is 2.16. The number of pyridine rings is 1. The second kappa shape index (κ2) is 7.86. The smallest absolute Gasteiger partial charge is 0.252 e. The standard InChI is InChI=1S/C25H24Cl2N2O/c1-14(19-11-15-6-7-16(19)10-15)28-25(30)20-13-24(17-8-9-21(26)22(27)12-17)29-23-5-3-2-4-18(20)23/h2-5,8-9,12-16,19H,6-7,10-11H2,1H3,(H,28,30)/t14-,15-,16-,19+/m0/s1. The van der Waals surface area contributed by atoms with Crippen molar-refractivity contribution in [2.45, 2.75) is 38.6 Å². The van der Waals surface area contributed by atoms with Gasteiger partial charge in [-0.3, -0.25) is 4.79 Å². The van der Waals surface area contributed by atoms with Crippen LogP contribution in [0.15, 0.2) is 48.5 Å². The van der Waals surface area contributed by atoms with Crippen molar-refractivity contribution in [1.82, 2.24) is 10.3 Å². The van der Waals surface area contributed by atoms with E-state index in [9.17, 15) is 4.79 Å². The molecule has 154 valence electrons. The second-order valence-corrected chi connectivity index (χ2v) is 9.62. The molecule has 5 rings (SSSR count). The van der Waals surface area contributed by atoms with E-state index < -0.39 is 0 Å². The molecule has 2 aromatic carbocycles. The average molecular weight is 439 g/mol. The third-order valence-corrected chi connectivity index (χ3v) is 7.71. The normalized spacial score (nSPS) is 23.6. The van der Waals surface area contributed by atoms with E-state index in [4.69, 9.17) is 28.2 Å². The monoisotopic (exact) mass is 438 g/mol. The first-order valence-corrected chi connectivity index (χ1v) is 11.4. The zero-order valence-corrected chi connectivity index (χ0v) is 18.4. The number of benzene rings is 2. The molecule has 4 atom stereocenters. The van der Waals surface area contributed by atoms with Crippen LogP contribution in [0.25, 0.3) is 22.2 Å². The topological polar surface area (TPSA) is 42.0 Å². The van der Waals surface area contributed by atoms with Gasteiger partial charge in [-0.15, -0.1) is 0 Å². The van der Waals surface area contributed by atoms with Gasteiger partial charge in [-0.2, -0.15) is 0 Å². The molecule has 0 saturated heterocycles. The van der Waals surface area contributed by atoms with Crippen molar-refractivity contribution in [3.05, 3.63) is 64.1 Å². The fourth-order valence-corrected chi connectivity index (χ4v) is 5.76. The highest BCUT2D eigenvalue weighted by Crippen LogP contribution is 2.49. The molecule has 5 heteroatoms. The van der Waals surface area contributed by atoms with E-state index in [0.717, 1.165) is 28.3 Å². The first-order valence-electron chi connectivity index (χ1n) is 10.7. The maximum absolute atomic E-state index is 13.4. The van der Waals surface area contributed by atoms with Crippen molar-refractivity contribution < 1.29 is 4.79 Å². The Morgan fingerprint density at radius 2 is 1.90 bits per heavy atom. The van der Waals surface area contributed by atoms with Crippen LogP contribution in [-0.2, 0) is 0 Å². The average Bonchev–Trinajstić information content (AvgIpc) is 3.38. The van der Waals surface area contributed by atoms with E-state index >= 15 is 0 Å². The van der Waals surface area contributed by atoms with Crippen molar-refractivity contribution in [3.63, 3.8) is 0 Å². The Morgan fingerprint density at radius 1 is 1.07 bits per heavy atom. The Bertz CT molecular complexity index is 1130. The van der Waals surface area contributed by atoms with Crippen LogP contribution in [-0.4, -0.2) is 16.9 Å². The Labute approximate surface area is 186 Å². The third kappa shape index (κ3) is 3.59. The van der Waals surface area contributed by atoms with Gasteiger partial charge < -0.3 is 5.32 Å². The van der Waals surface area contributed by atoms with Gasteiger partial charge in [0.15, 0.2) is 0 Å². The number of rotatable bonds is 4. The number of hydrogen-bond acceptors (Lipinski definition) is 2. The van der Waals surface area contributed by atoms with Gasteiger partial charge in [0.25, 0.3) is 5.91 Å². The minimum atomic E-state index is -0.0369. The fraction of sp³-hybridized carbons (Fsp3) is 0.360. The fourth-order valence-electron chi connectivity index (χ4n) is 5.46. The Balaban J connectivity index is 1.49. The van der Waals surface area contributed by atoms with E-state index in [1.807, 2.05) is 36.4 Å². The van der Waals surface area contributed by atoms with Crippen LogP contribution >= 0.6 is 23.2 Å². The van der Waals surface area contributed by atoms with Crippen molar-refractivity contribution in [3.8, 4) is 11.3 Å². The van der Waals surface area contributed by atoms with Crippen molar-refractivity contribution >= 4 is 40.0 Å². The number of carbonyl (C=O) groups excluding carboxylic acids is 1. The van der Waals surface area contributed by atoms with Gasteiger partial charge in [-0.1, -0.05) is 53.9 Å². The van der Waals surface area contributed by atoms with E-state index in [1.165, 1.54) is 25.7 Å². The van der Waals surface area contributed by atoms with Crippen LogP contribution in [0.2, 0.25) is 10.0 Å². The SMILES string of the molecule is C[C@H](NC(=O)c1cc(-c2ccc(Cl)c(Cl)c2)nc2ccccc12)[C@H]1C[C@H]2CC[C@H]1C2. The molecule has 2 saturated carbocycles. The van der Waals surface area contributed by atoms with Gasteiger partial charge in [0, 0.05) is 17.0 Å². The van der Waals surface area contributed by atoms with E-state index in [0.29, 0.717) is 27.2 Å². The number of nitrogens with one attached hydrogen (secondary N) is 1. The lowest BCUT2D eigenvalue weighted by atomic mass is 9.84. The van der Waals surface area contributed by atoms with Crippen LogP contribution in [0.3, 0.4) is 0 Å². The summed E-state index contributed by atoms with van der Waals surface area (Å²) in [5.41, 5.74) is 2.99. The largest absolute Gasteiger partial charge is 0.349 e. The first kappa shape index (κ1) is 19.8. The molecular weight excluding hydrogens is 415 g/mol. The molecule has 3 nitrogen and oxygen atoms in total. The van der Waals surface area contributed by atoms with Gasteiger partial charge in [-0.25, -0.2) is 4.98 Å². The summed E-state index contributed by atoms with van der Waals surface area (Å²) in [7, 11) is 0. The highest BCUT2D eigenvalue weighted by atomic mass is 35.5. The molecule has 30 heavy (non-hydrogen) atoms. The van der Waals surface area contributed by atoms with E-state index in [1.54, 1.807) is 12.1 Å². The van der Waals surface area contributed by atoms with Gasteiger partial charge in [0.05, 0.1) is 26.8 Å². The summed E-state index contributed by atoms with van der Waals surface area (Å²) in [5.74, 6) is 2.19. The highest BCUT2D eigenvalue weighted by molar-refractivity contribution is 6.42. The summed E-state index contributed by atoms with van der Waals surface area (Å²) in [6.07, 6.45) is 5.27. The zero-order valence-electron chi connectivity index (χ0n) is 16.9. The zero-order chi connectivity index (χ0) is 20.8. The number of fused-ring (bicyclic) bond motifs is 3. The van der Waals surface area contributed by atoms with Crippen LogP contribution in [0.1, 0.15) is 43.0 Å². The highest BCUT2D eigenvalue weighted by Gasteiger charge is 2.42. The van der Waals surface area contributed by atoms with Gasteiger partial charge in [0.2, 0.25) is 0 Å². The predicted octanol–water partition coefficient (Wildman–Crippen LogP) is 6.76. The molecule has 2 aliphatic carbocycles. The number of amides is 1. The Morgan fingerprint density at radius 3 is 2.63 bits per heavy atom. The van der Waals surface area contributed by atoms with Crippen LogP contribution in [0.5, 0.6) is 0 Å².